The molecule has 2 N–H and O–H groups in total. The van der Waals surface area contributed by atoms with Crippen molar-refractivity contribution in [2.45, 2.75) is 11.8 Å². The molecule has 0 saturated carbocycles. The Hall–Kier alpha value is -2.01. The molecule has 106 valence electrons. The number of nitrogens with two attached hydrogens (primary N) is 1. The summed E-state index contributed by atoms with van der Waals surface area (Å²) in [5.74, 6) is 0.582. The zero-order chi connectivity index (χ0) is 14.6. The summed E-state index contributed by atoms with van der Waals surface area (Å²) in [4.78, 5) is 0.272. The highest BCUT2D eigenvalue weighted by Gasteiger charge is 2.17. The van der Waals surface area contributed by atoms with Crippen LogP contribution in [-0.4, -0.2) is 20.8 Å². The molecule has 0 fully saturated rings. The van der Waals surface area contributed by atoms with Crippen LogP contribution < -0.4 is 10.5 Å². The van der Waals surface area contributed by atoms with Gasteiger partial charge in [-0.25, -0.2) is 8.42 Å². The van der Waals surface area contributed by atoms with Gasteiger partial charge in [-0.3, -0.25) is 0 Å². The van der Waals surface area contributed by atoms with E-state index in [4.69, 9.17) is 10.5 Å². The molecule has 0 amide bonds. The molecule has 0 spiro atoms. The third kappa shape index (κ3) is 3.51. The first-order valence-corrected chi connectivity index (χ1v) is 7.91. The van der Waals surface area contributed by atoms with Gasteiger partial charge < -0.3 is 10.5 Å². The van der Waals surface area contributed by atoms with E-state index in [1.807, 2.05) is 18.2 Å². The van der Waals surface area contributed by atoms with Crippen molar-refractivity contribution in [2.24, 2.45) is 0 Å². The van der Waals surface area contributed by atoms with Gasteiger partial charge in [0.15, 0.2) is 9.84 Å². The zero-order valence-electron chi connectivity index (χ0n) is 11.2. The maximum atomic E-state index is 12.3. The Bertz CT molecular complexity index is 682. The molecule has 2 rings (SSSR count). The summed E-state index contributed by atoms with van der Waals surface area (Å²) in [5, 5.41) is 0. The maximum Gasteiger partial charge on any atom is 0.182 e. The minimum absolute atomic E-state index is 0.0772. The third-order valence-electron chi connectivity index (χ3n) is 2.91. The summed E-state index contributed by atoms with van der Waals surface area (Å²) < 4.78 is 29.9. The van der Waals surface area contributed by atoms with Crippen LogP contribution in [0.25, 0.3) is 0 Å². The van der Waals surface area contributed by atoms with Crippen molar-refractivity contribution >= 4 is 15.5 Å². The highest BCUT2D eigenvalue weighted by Crippen LogP contribution is 2.20. The Kier molecular flexibility index (Phi) is 4.29. The molecule has 5 heteroatoms. The van der Waals surface area contributed by atoms with E-state index < -0.39 is 9.84 Å². The van der Waals surface area contributed by atoms with E-state index in [0.29, 0.717) is 17.0 Å². The van der Waals surface area contributed by atoms with E-state index in [2.05, 4.69) is 0 Å². The Morgan fingerprint density at radius 1 is 1.10 bits per heavy atom. The van der Waals surface area contributed by atoms with Crippen molar-refractivity contribution in [3.63, 3.8) is 0 Å². The van der Waals surface area contributed by atoms with Crippen LogP contribution in [0.1, 0.15) is 5.56 Å². The molecule has 2 aromatic carbocycles. The van der Waals surface area contributed by atoms with Gasteiger partial charge in [-0.2, -0.15) is 0 Å². The number of sulfone groups is 1. The molecule has 0 aliphatic carbocycles. The highest BCUT2D eigenvalue weighted by molar-refractivity contribution is 7.91. The van der Waals surface area contributed by atoms with Crippen molar-refractivity contribution in [1.82, 2.24) is 0 Å². The summed E-state index contributed by atoms with van der Waals surface area (Å²) in [6.07, 6.45) is 0. The van der Waals surface area contributed by atoms with E-state index in [1.54, 1.807) is 31.2 Å². The Morgan fingerprint density at radius 3 is 2.50 bits per heavy atom. The first-order valence-electron chi connectivity index (χ1n) is 6.26. The molecule has 0 aromatic heterocycles. The van der Waals surface area contributed by atoms with Gasteiger partial charge in [0, 0.05) is 5.69 Å². The standard InChI is InChI=1S/C15H17NO3S/c1-12-7-8-13(16)11-15(12)20(17,18)10-9-19-14-5-3-2-4-6-14/h2-8,11H,9-10,16H2,1H3. The molecule has 0 heterocycles. The quantitative estimate of drug-likeness (QED) is 0.859. The van der Waals surface area contributed by atoms with E-state index in [9.17, 15) is 8.42 Å². The number of para-hydroxylation sites is 1. The van der Waals surface area contributed by atoms with Gasteiger partial charge in [-0.15, -0.1) is 0 Å². The number of hydrogen-bond acceptors (Lipinski definition) is 4. The molecule has 20 heavy (non-hydrogen) atoms. The smallest absolute Gasteiger partial charge is 0.182 e. The van der Waals surface area contributed by atoms with Crippen molar-refractivity contribution in [3.05, 3.63) is 54.1 Å². The van der Waals surface area contributed by atoms with E-state index in [-0.39, 0.29) is 17.3 Å². The lowest BCUT2D eigenvalue weighted by Crippen LogP contribution is -2.15. The van der Waals surface area contributed by atoms with E-state index >= 15 is 0 Å². The van der Waals surface area contributed by atoms with Gasteiger partial charge in [0.2, 0.25) is 0 Å². The monoisotopic (exact) mass is 291 g/mol. The van der Waals surface area contributed by atoms with Crippen LogP contribution in [0.4, 0.5) is 5.69 Å². The van der Waals surface area contributed by atoms with Crippen molar-refractivity contribution in [3.8, 4) is 5.75 Å². The second-order valence-corrected chi connectivity index (χ2v) is 6.58. The molecule has 0 aliphatic heterocycles. The molecule has 0 saturated heterocycles. The molecular formula is C15H17NO3S. The van der Waals surface area contributed by atoms with Gasteiger partial charge in [0.25, 0.3) is 0 Å². The average Bonchev–Trinajstić information content (AvgIpc) is 2.42. The lowest BCUT2D eigenvalue weighted by Gasteiger charge is -2.10. The number of anilines is 1. The largest absolute Gasteiger partial charge is 0.493 e. The van der Waals surface area contributed by atoms with Crippen LogP contribution in [0, 0.1) is 6.92 Å². The number of nitrogen functional groups attached to an aromatic ring is 1. The molecular weight excluding hydrogens is 274 g/mol. The fraction of sp³-hybridized carbons (Fsp3) is 0.200. The highest BCUT2D eigenvalue weighted by atomic mass is 32.2. The predicted molar refractivity (Wildman–Crippen MR) is 79.6 cm³/mol. The average molecular weight is 291 g/mol. The first kappa shape index (κ1) is 14.4. The van der Waals surface area contributed by atoms with Gasteiger partial charge in [-0.1, -0.05) is 24.3 Å². The van der Waals surface area contributed by atoms with Crippen molar-refractivity contribution in [2.75, 3.05) is 18.1 Å². The summed E-state index contributed by atoms with van der Waals surface area (Å²) in [5.41, 5.74) is 6.78. The van der Waals surface area contributed by atoms with Gasteiger partial charge in [-0.05, 0) is 36.8 Å². The number of rotatable bonds is 5. The van der Waals surface area contributed by atoms with Gasteiger partial charge in [0.1, 0.15) is 12.4 Å². The number of hydrogen-bond donors (Lipinski definition) is 1. The van der Waals surface area contributed by atoms with Crippen LogP contribution in [0.3, 0.4) is 0 Å². The molecule has 4 nitrogen and oxygen atoms in total. The topological polar surface area (TPSA) is 69.4 Å². The molecule has 2 aromatic rings. The Morgan fingerprint density at radius 2 is 1.80 bits per heavy atom. The number of aryl methyl sites for hydroxylation is 1. The SMILES string of the molecule is Cc1ccc(N)cc1S(=O)(=O)CCOc1ccccc1. The minimum atomic E-state index is -3.39. The van der Waals surface area contributed by atoms with Crippen LogP contribution >= 0.6 is 0 Å². The lowest BCUT2D eigenvalue weighted by atomic mass is 10.2. The molecule has 0 bridgehead atoms. The second-order valence-electron chi connectivity index (χ2n) is 4.51. The van der Waals surface area contributed by atoms with Gasteiger partial charge in [0.05, 0.1) is 10.6 Å². The predicted octanol–water partition coefficient (Wildman–Crippen LogP) is 2.43. The molecule has 0 unspecified atom stereocenters. The van der Waals surface area contributed by atoms with Crippen molar-refractivity contribution in [1.29, 1.82) is 0 Å². The summed E-state index contributed by atoms with van der Waals surface area (Å²) >= 11 is 0. The van der Waals surface area contributed by atoms with E-state index in [1.165, 1.54) is 6.07 Å². The van der Waals surface area contributed by atoms with E-state index in [0.717, 1.165) is 0 Å². The fourth-order valence-corrected chi connectivity index (χ4v) is 3.24. The summed E-state index contributed by atoms with van der Waals surface area (Å²) in [6, 6.07) is 14.0. The lowest BCUT2D eigenvalue weighted by molar-refractivity contribution is 0.341. The summed E-state index contributed by atoms with van der Waals surface area (Å²) in [7, 11) is -3.39. The van der Waals surface area contributed by atoms with Crippen LogP contribution in [-0.2, 0) is 9.84 Å². The molecule has 0 radical (unpaired) electrons. The zero-order valence-corrected chi connectivity index (χ0v) is 12.1. The van der Waals surface area contributed by atoms with Crippen LogP contribution in [0.15, 0.2) is 53.4 Å². The Labute approximate surface area is 119 Å². The van der Waals surface area contributed by atoms with Gasteiger partial charge >= 0.3 is 0 Å². The van der Waals surface area contributed by atoms with Crippen LogP contribution in [0.5, 0.6) is 5.75 Å². The first-order chi connectivity index (χ1) is 9.49. The molecule has 0 aliphatic rings. The number of ether oxygens (including phenoxy) is 1. The third-order valence-corrected chi connectivity index (χ3v) is 4.73. The second kappa shape index (κ2) is 5.96. The van der Waals surface area contributed by atoms with Crippen LogP contribution in [0.2, 0.25) is 0 Å². The fourth-order valence-electron chi connectivity index (χ4n) is 1.85. The molecule has 0 atom stereocenters. The maximum absolute atomic E-state index is 12.3. The summed E-state index contributed by atoms with van der Waals surface area (Å²) in [6.45, 7) is 1.87. The van der Waals surface area contributed by atoms with Crippen molar-refractivity contribution < 1.29 is 13.2 Å². The number of benzene rings is 2. The minimum Gasteiger partial charge on any atom is -0.493 e. The normalized spacial score (nSPS) is 11.2. The Balaban J connectivity index is 2.06.